The highest BCUT2D eigenvalue weighted by Crippen LogP contribution is 2.33. The summed E-state index contributed by atoms with van der Waals surface area (Å²) < 4.78 is 5.97. The van der Waals surface area contributed by atoms with E-state index in [0.717, 1.165) is 10.0 Å². The number of halogens is 2. The molecule has 0 fully saturated rings. The van der Waals surface area contributed by atoms with Gasteiger partial charge in [-0.3, -0.25) is 0 Å². The van der Waals surface area contributed by atoms with Gasteiger partial charge >= 0.3 is 0 Å². The second kappa shape index (κ2) is 6.99. The molecular formula is C11H17BrClNO2. The van der Waals surface area contributed by atoms with Crippen LogP contribution in [0.4, 0.5) is 0 Å². The lowest BCUT2D eigenvalue weighted by molar-refractivity contribution is 0.369. The number of phenolic OH excluding ortho intramolecular Hbond substituents is 1. The van der Waals surface area contributed by atoms with Gasteiger partial charge in [0.25, 0.3) is 0 Å². The van der Waals surface area contributed by atoms with E-state index in [1.807, 2.05) is 6.07 Å². The topological polar surface area (TPSA) is 41.5 Å². The van der Waals surface area contributed by atoms with Crippen LogP contribution in [0.2, 0.25) is 0 Å². The van der Waals surface area contributed by atoms with Crippen LogP contribution >= 0.6 is 28.3 Å². The number of rotatable bonds is 4. The van der Waals surface area contributed by atoms with Crippen molar-refractivity contribution in [2.24, 2.45) is 0 Å². The van der Waals surface area contributed by atoms with Crippen LogP contribution in [0.3, 0.4) is 0 Å². The van der Waals surface area contributed by atoms with Crippen LogP contribution in [-0.4, -0.2) is 18.3 Å². The molecule has 0 aromatic heterocycles. The van der Waals surface area contributed by atoms with E-state index in [-0.39, 0.29) is 18.2 Å². The van der Waals surface area contributed by atoms with E-state index in [2.05, 4.69) is 35.1 Å². The quantitative estimate of drug-likeness (QED) is 0.898. The Bertz CT molecular complexity index is 345. The first-order chi connectivity index (χ1) is 7.04. The normalized spacial score (nSPS) is 10.1. The van der Waals surface area contributed by atoms with Crippen LogP contribution < -0.4 is 10.1 Å². The maximum absolute atomic E-state index is 9.84. The Balaban J connectivity index is 0.00000225. The average Bonchev–Trinajstić information content (AvgIpc) is 2.18. The molecule has 1 rings (SSSR count). The second-order valence-electron chi connectivity index (χ2n) is 3.65. The molecule has 0 spiro atoms. The first-order valence-corrected chi connectivity index (χ1v) is 5.62. The van der Waals surface area contributed by atoms with Crippen LogP contribution in [0.1, 0.15) is 19.4 Å². The third-order valence-electron chi connectivity index (χ3n) is 2.04. The lowest BCUT2D eigenvalue weighted by atomic mass is 10.2. The number of aromatic hydroxyl groups is 1. The largest absolute Gasteiger partial charge is 0.504 e. The van der Waals surface area contributed by atoms with Crippen LogP contribution in [0.5, 0.6) is 11.5 Å². The molecule has 5 heteroatoms. The van der Waals surface area contributed by atoms with Crippen molar-refractivity contribution in [3.8, 4) is 11.5 Å². The average molecular weight is 311 g/mol. The highest BCUT2D eigenvalue weighted by atomic mass is 79.9. The van der Waals surface area contributed by atoms with E-state index in [1.165, 1.54) is 0 Å². The Hall–Kier alpha value is -0.450. The van der Waals surface area contributed by atoms with E-state index in [0.29, 0.717) is 18.3 Å². The van der Waals surface area contributed by atoms with E-state index in [1.54, 1.807) is 13.2 Å². The predicted molar refractivity (Wildman–Crippen MR) is 71.6 cm³/mol. The Kier molecular flexibility index (Phi) is 6.79. The molecule has 0 amide bonds. The van der Waals surface area contributed by atoms with Gasteiger partial charge in [-0.15, -0.1) is 12.4 Å². The minimum atomic E-state index is 0. The molecule has 1 aromatic carbocycles. The van der Waals surface area contributed by atoms with Gasteiger partial charge in [0, 0.05) is 22.6 Å². The maximum Gasteiger partial charge on any atom is 0.162 e. The summed E-state index contributed by atoms with van der Waals surface area (Å²) in [5.41, 5.74) is 0.829. The van der Waals surface area contributed by atoms with Crippen molar-refractivity contribution < 1.29 is 9.84 Å². The molecular weight excluding hydrogens is 293 g/mol. The fourth-order valence-electron chi connectivity index (χ4n) is 1.23. The molecule has 0 aliphatic heterocycles. The zero-order valence-corrected chi connectivity index (χ0v) is 12.0. The minimum Gasteiger partial charge on any atom is -0.504 e. The lowest BCUT2D eigenvalue weighted by Crippen LogP contribution is -2.21. The Labute approximate surface area is 111 Å². The smallest absolute Gasteiger partial charge is 0.162 e. The van der Waals surface area contributed by atoms with Gasteiger partial charge in [0.15, 0.2) is 11.5 Å². The zero-order valence-electron chi connectivity index (χ0n) is 9.58. The second-order valence-corrected chi connectivity index (χ2v) is 4.57. The third-order valence-corrected chi connectivity index (χ3v) is 2.50. The minimum absolute atomic E-state index is 0. The first kappa shape index (κ1) is 15.6. The van der Waals surface area contributed by atoms with Crippen molar-refractivity contribution in [2.45, 2.75) is 26.4 Å². The summed E-state index contributed by atoms with van der Waals surface area (Å²) in [5, 5.41) is 13.1. The number of methoxy groups -OCH3 is 1. The van der Waals surface area contributed by atoms with Gasteiger partial charge < -0.3 is 15.2 Å². The molecule has 16 heavy (non-hydrogen) atoms. The summed E-state index contributed by atoms with van der Waals surface area (Å²) in [7, 11) is 1.54. The molecule has 92 valence electrons. The maximum atomic E-state index is 9.84. The molecule has 0 saturated carbocycles. The fraction of sp³-hybridized carbons (Fsp3) is 0.455. The Morgan fingerprint density at radius 3 is 2.56 bits per heavy atom. The van der Waals surface area contributed by atoms with Gasteiger partial charge in [-0.2, -0.15) is 0 Å². The van der Waals surface area contributed by atoms with Gasteiger partial charge in [0.1, 0.15) is 0 Å². The summed E-state index contributed by atoms with van der Waals surface area (Å²) in [5.74, 6) is 0.693. The van der Waals surface area contributed by atoms with Crippen molar-refractivity contribution in [1.82, 2.24) is 5.32 Å². The van der Waals surface area contributed by atoms with Crippen molar-refractivity contribution in [3.63, 3.8) is 0 Å². The molecule has 2 N–H and O–H groups in total. The SMILES string of the molecule is COc1cc(Br)cc(CNC(C)C)c1O.Cl. The van der Waals surface area contributed by atoms with E-state index < -0.39 is 0 Å². The van der Waals surface area contributed by atoms with Crippen molar-refractivity contribution >= 4 is 28.3 Å². The van der Waals surface area contributed by atoms with Crippen LogP contribution in [0, 0.1) is 0 Å². The molecule has 1 aromatic rings. The summed E-state index contributed by atoms with van der Waals surface area (Å²) in [6.07, 6.45) is 0. The van der Waals surface area contributed by atoms with Crippen molar-refractivity contribution in [3.05, 3.63) is 22.2 Å². The summed E-state index contributed by atoms with van der Waals surface area (Å²) in [4.78, 5) is 0. The molecule has 0 heterocycles. The molecule has 0 saturated heterocycles. The Morgan fingerprint density at radius 1 is 1.44 bits per heavy atom. The standard InChI is InChI=1S/C11H16BrNO2.ClH/c1-7(2)13-6-8-4-9(12)5-10(15-3)11(8)14;/h4-5,7,13-14H,6H2,1-3H3;1H. The van der Waals surface area contributed by atoms with Gasteiger partial charge in [-0.05, 0) is 12.1 Å². The lowest BCUT2D eigenvalue weighted by Gasteiger charge is -2.12. The Morgan fingerprint density at radius 2 is 2.06 bits per heavy atom. The number of benzene rings is 1. The molecule has 0 bridgehead atoms. The highest BCUT2D eigenvalue weighted by Gasteiger charge is 2.09. The molecule has 0 unspecified atom stereocenters. The number of hydrogen-bond acceptors (Lipinski definition) is 3. The highest BCUT2D eigenvalue weighted by molar-refractivity contribution is 9.10. The number of nitrogens with one attached hydrogen (secondary N) is 1. The van der Waals surface area contributed by atoms with Crippen molar-refractivity contribution in [1.29, 1.82) is 0 Å². The first-order valence-electron chi connectivity index (χ1n) is 4.83. The van der Waals surface area contributed by atoms with E-state index in [9.17, 15) is 5.11 Å². The van der Waals surface area contributed by atoms with Gasteiger partial charge in [-0.25, -0.2) is 0 Å². The summed E-state index contributed by atoms with van der Waals surface area (Å²) in [6.45, 7) is 4.75. The zero-order chi connectivity index (χ0) is 11.4. The summed E-state index contributed by atoms with van der Waals surface area (Å²) >= 11 is 3.38. The number of hydrogen-bond donors (Lipinski definition) is 2. The number of phenols is 1. The summed E-state index contributed by atoms with van der Waals surface area (Å²) in [6, 6.07) is 4.01. The van der Waals surface area contributed by atoms with Gasteiger partial charge in [-0.1, -0.05) is 29.8 Å². The van der Waals surface area contributed by atoms with Crippen molar-refractivity contribution in [2.75, 3.05) is 7.11 Å². The predicted octanol–water partition coefficient (Wildman–Crippen LogP) is 3.08. The van der Waals surface area contributed by atoms with Crippen LogP contribution in [-0.2, 0) is 6.54 Å². The van der Waals surface area contributed by atoms with Crippen LogP contribution in [0.25, 0.3) is 0 Å². The monoisotopic (exact) mass is 309 g/mol. The third kappa shape index (κ3) is 4.20. The molecule has 0 aliphatic carbocycles. The molecule has 0 atom stereocenters. The number of ether oxygens (including phenoxy) is 1. The molecule has 3 nitrogen and oxygen atoms in total. The molecule has 0 radical (unpaired) electrons. The molecule has 0 aliphatic rings. The van der Waals surface area contributed by atoms with Gasteiger partial charge in [0.2, 0.25) is 0 Å². The van der Waals surface area contributed by atoms with Gasteiger partial charge in [0.05, 0.1) is 7.11 Å². The van der Waals surface area contributed by atoms with E-state index in [4.69, 9.17) is 4.74 Å². The van der Waals surface area contributed by atoms with Crippen LogP contribution in [0.15, 0.2) is 16.6 Å². The van der Waals surface area contributed by atoms with E-state index >= 15 is 0 Å². The fourth-order valence-corrected chi connectivity index (χ4v) is 1.72.